The second-order valence-corrected chi connectivity index (χ2v) is 8.00. The van der Waals surface area contributed by atoms with Gasteiger partial charge in [0.15, 0.2) is 21.3 Å². The summed E-state index contributed by atoms with van der Waals surface area (Å²) < 4.78 is 33.3. The van der Waals surface area contributed by atoms with Crippen LogP contribution in [0.2, 0.25) is 0 Å². The van der Waals surface area contributed by atoms with E-state index < -0.39 is 21.7 Å². The summed E-state index contributed by atoms with van der Waals surface area (Å²) in [5, 5.41) is 0. The van der Waals surface area contributed by atoms with Crippen molar-refractivity contribution in [3.05, 3.63) is 23.8 Å². The maximum absolute atomic E-state index is 12.1. The van der Waals surface area contributed by atoms with Gasteiger partial charge in [-0.3, -0.25) is 20.4 Å². The molecule has 0 unspecified atom stereocenters. The number of rotatable bonds is 6. The molecule has 2 N–H and O–H groups in total. The van der Waals surface area contributed by atoms with Crippen molar-refractivity contribution in [3.8, 4) is 11.5 Å². The molecule has 138 valence electrons. The van der Waals surface area contributed by atoms with E-state index in [1.165, 1.54) is 13.2 Å². The first kappa shape index (κ1) is 19.0. The molecule has 0 spiro atoms. The number of ether oxygens (including phenoxy) is 2. The molecular weight excluding hydrogens is 348 g/mol. The van der Waals surface area contributed by atoms with Gasteiger partial charge >= 0.3 is 0 Å². The van der Waals surface area contributed by atoms with Gasteiger partial charge in [-0.25, -0.2) is 8.42 Å². The van der Waals surface area contributed by atoms with Crippen LogP contribution in [0.5, 0.6) is 11.5 Å². The Kier molecular flexibility index (Phi) is 6.24. The zero-order valence-electron chi connectivity index (χ0n) is 14.2. The van der Waals surface area contributed by atoms with Crippen LogP contribution in [0, 0.1) is 5.92 Å². The zero-order valence-corrected chi connectivity index (χ0v) is 15.0. The molecule has 1 fully saturated rings. The third-order valence-electron chi connectivity index (χ3n) is 3.84. The summed E-state index contributed by atoms with van der Waals surface area (Å²) in [5.41, 5.74) is 4.91. The molecule has 1 aromatic rings. The summed E-state index contributed by atoms with van der Waals surface area (Å²) in [6, 6.07) is 4.68. The lowest BCUT2D eigenvalue weighted by atomic mass is 10.1. The lowest BCUT2D eigenvalue weighted by Crippen LogP contribution is -2.42. The molecule has 1 aliphatic heterocycles. The fourth-order valence-corrected chi connectivity index (χ4v) is 4.49. The lowest BCUT2D eigenvalue weighted by Gasteiger charge is -2.12. The Morgan fingerprint density at radius 2 is 2.00 bits per heavy atom. The number of benzene rings is 1. The summed E-state index contributed by atoms with van der Waals surface area (Å²) in [5.74, 6) is -0.0622. The minimum atomic E-state index is -3.03. The maximum Gasteiger partial charge on any atom is 0.269 e. The highest BCUT2D eigenvalue weighted by Crippen LogP contribution is 2.28. The lowest BCUT2D eigenvalue weighted by molar-refractivity contribution is -0.122. The minimum absolute atomic E-state index is 0.0183. The van der Waals surface area contributed by atoms with Crippen molar-refractivity contribution in [1.29, 1.82) is 0 Å². The number of sulfone groups is 1. The van der Waals surface area contributed by atoms with Crippen molar-refractivity contribution in [3.63, 3.8) is 0 Å². The maximum atomic E-state index is 12.1. The van der Waals surface area contributed by atoms with Crippen LogP contribution < -0.4 is 20.3 Å². The van der Waals surface area contributed by atoms with Crippen molar-refractivity contribution in [1.82, 2.24) is 10.9 Å². The van der Waals surface area contributed by atoms with Gasteiger partial charge in [0.1, 0.15) is 0 Å². The Balaban J connectivity index is 1.88. The Morgan fingerprint density at radius 3 is 2.60 bits per heavy atom. The predicted molar refractivity (Wildman–Crippen MR) is 91.1 cm³/mol. The number of amides is 2. The first-order valence-corrected chi connectivity index (χ1v) is 9.77. The molecule has 0 aliphatic carbocycles. The molecule has 8 nitrogen and oxygen atoms in total. The average molecular weight is 370 g/mol. The van der Waals surface area contributed by atoms with Gasteiger partial charge in [-0.15, -0.1) is 0 Å². The van der Waals surface area contributed by atoms with E-state index in [1.54, 1.807) is 12.1 Å². The van der Waals surface area contributed by atoms with Gasteiger partial charge < -0.3 is 9.47 Å². The Bertz CT molecular complexity index is 747. The van der Waals surface area contributed by atoms with Crippen molar-refractivity contribution >= 4 is 21.7 Å². The number of hydrogen-bond donors (Lipinski definition) is 2. The Morgan fingerprint density at radius 1 is 1.24 bits per heavy atom. The number of methoxy groups -OCH3 is 1. The molecular formula is C16H22N2O6S. The van der Waals surface area contributed by atoms with Crippen LogP contribution in [0.25, 0.3) is 0 Å². The Hall–Kier alpha value is -2.29. The molecule has 2 rings (SSSR count). The van der Waals surface area contributed by atoms with Crippen molar-refractivity contribution in [2.24, 2.45) is 5.92 Å². The number of carbonyl (C=O) groups is 2. The van der Waals surface area contributed by atoms with E-state index in [-0.39, 0.29) is 23.8 Å². The van der Waals surface area contributed by atoms with E-state index in [9.17, 15) is 18.0 Å². The highest BCUT2D eigenvalue weighted by atomic mass is 32.2. The first-order valence-electron chi connectivity index (χ1n) is 7.95. The van der Waals surface area contributed by atoms with Crippen LogP contribution >= 0.6 is 0 Å². The van der Waals surface area contributed by atoms with E-state index in [0.717, 1.165) is 0 Å². The molecule has 0 radical (unpaired) electrons. The smallest absolute Gasteiger partial charge is 0.269 e. The van der Waals surface area contributed by atoms with Crippen molar-refractivity contribution < 1.29 is 27.5 Å². The normalized spacial score (nSPS) is 18.4. The van der Waals surface area contributed by atoms with E-state index in [0.29, 0.717) is 30.1 Å². The molecule has 25 heavy (non-hydrogen) atoms. The fourth-order valence-electron chi connectivity index (χ4n) is 2.63. The van der Waals surface area contributed by atoms with Crippen LogP contribution in [-0.2, 0) is 14.6 Å². The third-order valence-corrected chi connectivity index (χ3v) is 5.68. The molecule has 0 aromatic heterocycles. The van der Waals surface area contributed by atoms with Gasteiger partial charge in [0, 0.05) is 12.0 Å². The van der Waals surface area contributed by atoms with Gasteiger partial charge in [-0.05, 0) is 37.5 Å². The quantitative estimate of drug-likeness (QED) is 0.713. The summed E-state index contributed by atoms with van der Waals surface area (Å²) in [6.07, 6.45) is 0.534. The second-order valence-electron chi connectivity index (χ2n) is 5.77. The summed E-state index contributed by atoms with van der Waals surface area (Å²) in [7, 11) is -1.56. The van der Waals surface area contributed by atoms with Crippen LogP contribution in [0.15, 0.2) is 18.2 Å². The largest absolute Gasteiger partial charge is 0.493 e. The summed E-state index contributed by atoms with van der Waals surface area (Å²) in [4.78, 5) is 24.0. The van der Waals surface area contributed by atoms with Gasteiger partial charge in [0.05, 0.1) is 25.2 Å². The number of carbonyl (C=O) groups excluding carboxylic acids is 2. The number of hydrogen-bond acceptors (Lipinski definition) is 6. The summed E-state index contributed by atoms with van der Waals surface area (Å²) >= 11 is 0. The topological polar surface area (TPSA) is 111 Å². The van der Waals surface area contributed by atoms with E-state index in [4.69, 9.17) is 9.47 Å². The minimum Gasteiger partial charge on any atom is -0.493 e. The standard InChI is InChI=1S/C16H22N2O6S/c1-3-24-13-5-4-12(9-14(13)23-2)16(20)18-17-15(19)8-11-6-7-25(21,22)10-11/h4-5,9,11H,3,6-8,10H2,1-2H3,(H,17,19)(H,18,20)/t11-/m0/s1. The zero-order chi connectivity index (χ0) is 18.4. The monoisotopic (exact) mass is 370 g/mol. The van der Waals surface area contributed by atoms with E-state index in [1.807, 2.05) is 6.92 Å². The average Bonchev–Trinajstić information content (AvgIpc) is 2.91. The molecule has 9 heteroatoms. The predicted octanol–water partition coefficient (Wildman–Crippen LogP) is 0.680. The van der Waals surface area contributed by atoms with Gasteiger partial charge in [-0.2, -0.15) is 0 Å². The Labute approximate surface area is 146 Å². The number of hydrazine groups is 1. The molecule has 1 saturated heterocycles. The fraction of sp³-hybridized carbons (Fsp3) is 0.500. The second kappa shape index (κ2) is 8.19. The number of nitrogens with one attached hydrogen (secondary N) is 2. The van der Waals surface area contributed by atoms with Crippen LogP contribution in [0.4, 0.5) is 0 Å². The molecule has 1 atom stereocenters. The molecule has 1 aromatic carbocycles. The molecule has 2 amide bonds. The molecule has 1 heterocycles. The van der Waals surface area contributed by atoms with Gasteiger partial charge in [-0.1, -0.05) is 0 Å². The highest BCUT2D eigenvalue weighted by Gasteiger charge is 2.29. The SMILES string of the molecule is CCOc1ccc(C(=O)NNC(=O)C[C@@H]2CCS(=O)(=O)C2)cc1OC. The molecule has 1 aliphatic rings. The molecule has 0 saturated carbocycles. The van der Waals surface area contributed by atoms with Crippen LogP contribution in [-0.4, -0.2) is 45.5 Å². The highest BCUT2D eigenvalue weighted by molar-refractivity contribution is 7.91. The van der Waals surface area contributed by atoms with E-state index >= 15 is 0 Å². The first-order chi connectivity index (χ1) is 11.8. The van der Waals surface area contributed by atoms with Crippen molar-refractivity contribution in [2.75, 3.05) is 25.2 Å². The van der Waals surface area contributed by atoms with E-state index in [2.05, 4.69) is 10.9 Å². The van der Waals surface area contributed by atoms with Gasteiger partial charge in [0.2, 0.25) is 5.91 Å². The third kappa shape index (κ3) is 5.35. The van der Waals surface area contributed by atoms with Crippen molar-refractivity contribution in [2.45, 2.75) is 19.8 Å². The van der Waals surface area contributed by atoms with Crippen LogP contribution in [0.1, 0.15) is 30.1 Å². The van der Waals surface area contributed by atoms with Gasteiger partial charge in [0.25, 0.3) is 5.91 Å². The summed E-state index contributed by atoms with van der Waals surface area (Å²) in [6.45, 7) is 2.31. The van der Waals surface area contributed by atoms with Crippen LogP contribution in [0.3, 0.4) is 0 Å². The molecule has 0 bridgehead atoms.